The second-order valence-corrected chi connectivity index (χ2v) is 4.18. The minimum Gasteiger partial charge on any atom is -0.380 e. The quantitative estimate of drug-likeness (QED) is 0.849. The molecule has 0 aromatic carbocycles. The fourth-order valence-electron chi connectivity index (χ4n) is 1.70. The SMILES string of the molecule is CCCn1ccnc1C(O)c1ccc(Cl)nc1. The molecule has 0 fully saturated rings. The van der Waals surface area contributed by atoms with E-state index in [1.807, 2.05) is 10.8 Å². The first-order chi connectivity index (χ1) is 8.22. The molecule has 5 heteroatoms. The minimum absolute atomic E-state index is 0.415. The average molecular weight is 252 g/mol. The lowest BCUT2D eigenvalue weighted by molar-refractivity contribution is 0.204. The highest BCUT2D eigenvalue weighted by Gasteiger charge is 2.16. The van der Waals surface area contributed by atoms with E-state index in [0.717, 1.165) is 13.0 Å². The Morgan fingerprint density at radius 2 is 2.24 bits per heavy atom. The lowest BCUT2D eigenvalue weighted by atomic mass is 10.1. The monoisotopic (exact) mass is 251 g/mol. The number of hydrogen-bond acceptors (Lipinski definition) is 3. The molecule has 1 atom stereocenters. The summed E-state index contributed by atoms with van der Waals surface area (Å²) in [7, 11) is 0. The van der Waals surface area contributed by atoms with Crippen molar-refractivity contribution in [1.82, 2.24) is 14.5 Å². The van der Waals surface area contributed by atoms with Crippen molar-refractivity contribution < 1.29 is 5.11 Å². The second kappa shape index (κ2) is 5.29. The zero-order chi connectivity index (χ0) is 12.3. The maximum atomic E-state index is 10.2. The van der Waals surface area contributed by atoms with Crippen LogP contribution in [0.3, 0.4) is 0 Å². The third kappa shape index (κ3) is 2.65. The molecular formula is C12H14ClN3O. The zero-order valence-corrected chi connectivity index (χ0v) is 10.3. The van der Waals surface area contributed by atoms with Crippen LogP contribution in [0.4, 0.5) is 0 Å². The normalized spacial score (nSPS) is 12.6. The van der Waals surface area contributed by atoms with E-state index in [1.54, 1.807) is 24.5 Å². The molecule has 0 saturated heterocycles. The fraction of sp³-hybridized carbons (Fsp3) is 0.333. The standard InChI is InChI=1S/C12H14ClN3O/c1-2-6-16-7-5-14-12(16)11(17)9-3-4-10(13)15-8-9/h3-5,7-8,11,17H,2,6H2,1H3. The molecule has 0 aliphatic rings. The van der Waals surface area contributed by atoms with Crippen LogP contribution in [0.5, 0.6) is 0 Å². The predicted octanol–water partition coefficient (Wildman–Crippen LogP) is 2.42. The number of aliphatic hydroxyl groups is 1. The Bertz CT molecular complexity index is 481. The van der Waals surface area contributed by atoms with Crippen LogP contribution in [0.1, 0.15) is 30.8 Å². The Kier molecular flexibility index (Phi) is 3.76. The van der Waals surface area contributed by atoms with Crippen LogP contribution in [0, 0.1) is 0 Å². The van der Waals surface area contributed by atoms with E-state index < -0.39 is 6.10 Å². The van der Waals surface area contributed by atoms with Gasteiger partial charge in [0.15, 0.2) is 0 Å². The van der Waals surface area contributed by atoms with E-state index in [4.69, 9.17) is 11.6 Å². The molecule has 0 radical (unpaired) electrons. The summed E-state index contributed by atoms with van der Waals surface area (Å²) in [6.45, 7) is 2.92. The molecule has 0 aliphatic carbocycles. The van der Waals surface area contributed by atoms with Crippen LogP contribution in [0.15, 0.2) is 30.7 Å². The summed E-state index contributed by atoms with van der Waals surface area (Å²) in [6, 6.07) is 3.41. The number of aliphatic hydroxyl groups excluding tert-OH is 1. The van der Waals surface area contributed by atoms with Crippen molar-refractivity contribution >= 4 is 11.6 Å². The molecule has 0 bridgehead atoms. The molecule has 2 aromatic heterocycles. The average Bonchev–Trinajstić information content (AvgIpc) is 2.78. The lowest BCUT2D eigenvalue weighted by Crippen LogP contribution is -2.09. The maximum absolute atomic E-state index is 10.2. The van der Waals surface area contributed by atoms with Gasteiger partial charge in [-0.3, -0.25) is 0 Å². The van der Waals surface area contributed by atoms with Crippen molar-refractivity contribution in [3.05, 3.63) is 47.3 Å². The number of imidazole rings is 1. The van der Waals surface area contributed by atoms with Gasteiger partial charge in [0.05, 0.1) is 0 Å². The van der Waals surface area contributed by atoms with Gasteiger partial charge in [-0.25, -0.2) is 9.97 Å². The van der Waals surface area contributed by atoms with E-state index in [0.29, 0.717) is 16.5 Å². The Morgan fingerprint density at radius 3 is 2.88 bits per heavy atom. The van der Waals surface area contributed by atoms with Crippen LogP contribution in [0.2, 0.25) is 5.15 Å². The van der Waals surface area contributed by atoms with Crippen molar-refractivity contribution in [2.45, 2.75) is 26.0 Å². The topological polar surface area (TPSA) is 50.9 Å². The molecule has 0 saturated carbocycles. The van der Waals surface area contributed by atoms with Gasteiger partial charge in [-0.2, -0.15) is 0 Å². The third-order valence-electron chi connectivity index (χ3n) is 2.52. The van der Waals surface area contributed by atoms with Gasteiger partial charge in [-0.05, 0) is 12.5 Å². The van der Waals surface area contributed by atoms with Crippen LogP contribution in [0.25, 0.3) is 0 Å². The molecule has 2 rings (SSSR count). The number of rotatable bonds is 4. The van der Waals surface area contributed by atoms with Gasteiger partial charge in [-0.15, -0.1) is 0 Å². The first-order valence-corrected chi connectivity index (χ1v) is 5.90. The number of hydrogen-bond donors (Lipinski definition) is 1. The van der Waals surface area contributed by atoms with E-state index >= 15 is 0 Å². The van der Waals surface area contributed by atoms with Gasteiger partial charge in [-0.1, -0.05) is 24.6 Å². The second-order valence-electron chi connectivity index (χ2n) is 3.80. The molecule has 2 heterocycles. The molecule has 1 unspecified atom stereocenters. The Balaban J connectivity index is 2.26. The maximum Gasteiger partial charge on any atom is 0.142 e. The smallest absolute Gasteiger partial charge is 0.142 e. The van der Waals surface area contributed by atoms with Gasteiger partial charge in [0, 0.05) is 30.7 Å². The summed E-state index contributed by atoms with van der Waals surface area (Å²) in [4.78, 5) is 8.14. The summed E-state index contributed by atoms with van der Waals surface area (Å²) in [6.07, 6.45) is 5.36. The van der Waals surface area contributed by atoms with E-state index in [-0.39, 0.29) is 0 Å². The molecule has 0 aliphatic heterocycles. The number of pyridine rings is 1. The van der Waals surface area contributed by atoms with Gasteiger partial charge in [0.1, 0.15) is 17.1 Å². The summed E-state index contributed by atoms with van der Waals surface area (Å²) in [5.74, 6) is 0.635. The Labute approximate surface area is 105 Å². The van der Waals surface area contributed by atoms with E-state index in [1.165, 1.54) is 0 Å². The molecule has 1 N–H and O–H groups in total. The van der Waals surface area contributed by atoms with Crippen molar-refractivity contribution in [3.63, 3.8) is 0 Å². The summed E-state index contributed by atoms with van der Waals surface area (Å²) < 4.78 is 1.94. The summed E-state index contributed by atoms with van der Waals surface area (Å²) in [5, 5.41) is 10.6. The van der Waals surface area contributed by atoms with Crippen LogP contribution in [-0.2, 0) is 6.54 Å². The number of nitrogens with zero attached hydrogens (tertiary/aromatic N) is 3. The van der Waals surface area contributed by atoms with Crippen molar-refractivity contribution in [2.75, 3.05) is 0 Å². The number of aromatic nitrogens is 3. The van der Waals surface area contributed by atoms with Crippen LogP contribution in [-0.4, -0.2) is 19.6 Å². The van der Waals surface area contributed by atoms with Crippen LogP contribution < -0.4 is 0 Å². The predicted molar refractivity (Wildman–Crippen MR) is 65.8 cm³/mol. The van der Waals surface area contributed by atoms with Gasteiger partial charge >= 0.3 is 0 Å². The lowest BCUT2D eigenvalue weighted by Gasteiger charge is -2.12. The fourth-order valence-corrected chi connectivity index (χ4v) is 1.81. The highest BCUT2D eigenvalue weighted by Crippen LogP contribution is 2.20. The first-order valence-electron chi connectivity index (χ1n) is 5.53. The van der Waals surface area contributed by atoms with E-state index in [2.05, 4.69) is 16.9 Å². The highest BCUT2D eigenvalue weighted by molar-refractivity contribution is 6.29. The number of halogens is 1. The molecule has 0 amide bonds. The first kappa shape index (κ1) is 12.1. The van der Waals surface area contributed by atoms with Gasteiger partial charge < -0.3 is 9.67 Å². The molecule has 17 heavy (non-hydrogen) atoms. The van der Waals surface area contributed by atoms with Gasteiger partial charge in [0.2, 0.25) is 0 Å². The minimum atomic E-state index is -0.763. The molecule has 2 aromatic rings. The van der Waals surface area contributed by atoms with Crippen LogP contribution >= 0.6 is 11.6 Å². The third-order valence-corrected chi connectivity index (χ3v) is 2.75. The molecular weight excluding hydrogens is 238 g/mol. The zero-order valence-electron chi connectivity index (χ0n) is 9.55. The molecule has 4 nitrogen and oxygen atoms in total. The van der Waals surface area contributed by atoms with Crippen molar-refractivity contribution in [3.8, 4) is 0 Å². The summed E-state index contributed by atoms with van der Waals surface area (Å²) in [5.41, 5.74) is 0.693. The highest BCUT2D eigenvalue weighted by atomic mass is 35.5. The molecule has 0 spiro atoms. The Hall–Kier alpha value is -1.39. The van der Waals surface area contributed by atoms with Gasteiger partial charge in [0.25, 0.3) is 0 Å². The largest absolute Gasteiger partial charge is 0.380 e. The Morgan fingerprint density at radius 1 is 1.41 bits per heavy atom. The van der Waals surface area contributed by atoms with E-state index in [9.17, 15) is 5.11 Å². The number of aryl methyl sites for hydroxylation is 1. The van der Waals surface area contributed by atoms with Crippen molar-refractivity contribution in [1.29, 1.82) is 0 Å². The van der Waals surface area contributed by atoms with Crippen molar-refractivity contribution in [2.24, 2.45) is 0 Å². The molecule has 90 valence electrons. The summed E-state index contributed by atoms with van der Waals surface area (Å²) >= 11 is 5.71.